The fraction of sp³-hybridized carbons (Fsp3) is 0.727. The van der Waals surface area contributed by atoms with Crippen LogP contribution in [0.1, 0.15) is 24.7 Å². The summed E-state index contributed by atoms with van der Waals surface area (Å²) in [6, 6.07) is 2.36. The van der Waals surface area contributed by atoms with Gasteiger partial charge in [0.05, 0.1) is 5.69 Å². The molecule has 86 valence electrons. The molecular formula is C11H21N3S. The molecule has 0 aliphatic heterocycles. The number of aryl methyl sites for hydroxylation is 2. The van der Waals surface area contributed by atoms with Crippen LogP contribution >= 0.6 is 11.8 Å². The van der Waals surface area contributed by atoms with Crippen molar-refractivity contribution in [3.05, 3.63) is 17.5 Å². The van der Waals surface area contributed by atoms with E-state index in [1.165, 1.54) is 17.9 Å². The normalized spacial score (nSPS) is 13.1. The van der Waals surface area contributed by atoms with Crippen LogP contribution in [0.25, 0.3) is 0 Å². The van der Waals surface area contributed by atoms with E-state index in [4.69, 9.17) is 5.73 Å². The van der Waals surface area contributed by atoms with Crippen molar-refractivity contribution in [3.63, 3.8) is 0 Å². The number of nitrogens with zero attached hydrogens (tertiary/aromatic N) is 2. The van der Waals surface area contributed by atoms with Gasteiger partial charge in [-0.05, 0) is 25.2 Å². The Morgan fingerprint density at radius 3 is 2.87 bits per heavy atom. The second kappa shape index (κ2) is 6.18. The standard InChI is InChI=1S/C11H21N3S/c1-4-5-15-8-10(12)7-11-6-9(2)13-14(11)3/h6,10H,4-5,7-8,12H2,1-3H3. The SMILES string of the molecule is CCCSCC(N)Cc1cc(C)nn1C. The summed E-state index contributed by atoms with van der Waals surface area (Å²) in [7, 11) is 1.98. The van der Waals surface area contributed by atoms with E-state index in [9.17, 15) is 0 Å². The van der Waals surface area contributed by atoms with Crippen LogP contribution in [0, 0.1) is 6.92 Å². The molecule has 2 N–H and O–H groups in total. The molecule has 4 heteroatoms. The van der Waals surface area contributed by atoms with Crippen LogP contribution in [-0.4, -0.2) is 27.3 Å². The largest absolute Gasteiger partial charge is 0.327 e. The summed E-state index contributed by atoms with van der Waals surface area (Å²) in [4.78, 5) is 0. The van der Waals surface area contributed by atoms with E-state index in [0.29, 0.717) is 0 Å². The minimum Gasteiger partial charge on any atom is -0.327 e. The first-order chi connectivity index (χ1) is 7.13. The van der Waals surface area contributed by atoms with Gasteiger partial charge in [0.15, 0.2) is 0 Å². The highest BCUT2D eigenvalue weighted by atomic mass is 32.2. The molecule has 1 rings (SSSR count). The molecule has 1 aromatic heterocycles. The zero-order valence-electron chi connectivity index (χ0n) is 9.86. The first-order valence-electron chi connectivity index (χ1n) is 5.46. The quantitative estimate of drug-likeness (QED) is 0.753. The van der Waals surface area contributed by atoms with Crippen LogP contribution in [0.15, 0.2) is 6.07 Å². The van der Waals surface area contributed by atoms with E-state index >= 15 is 0 Å². The molecular weight excluding hydrogens is 206 g/mol. The zero-order valence-corrected chi connectivity index (χ0v) is 10.7. The lowest BCUT2D eigenvalue weighted by molar-refractivity contribution is 0.652. The van der Waals surface area contributed by atoms with Gasteiger partial charge in [-0.15, -0.1) is 0 Å². The Labute approximate surface area is 96.4 Å². The predicted octanol–water partition coefficient (Wildman–Crippen LogP) is 1.74. The van der Waals surface area contributed by atoms with E-state index in [2.05, 4.69) is 18.1 Å². The van der Waals surface area contributed by atoms with Crippen LogP contribution < -0.4 is 5.73 Å². The molecule has 1 unspecified atom stereocenters. The zero-order chi connectivity index (χ0) is 11.3. The predicted molar refractivity (Wildman–Crippen MR) is 67.2 cm³/mol. The topological polar surface area (TPSA) is 43.8 Å². The average molecular weight is 227 g/mol. The number of nitrogens with two attached hydrogens (primary N) is 1. The van der Waals surface area contributed by atoms with Gasteiger partial charge in [0.2, 0.25) is 0 Å². The van der Waals surface area contributed by atoms with Gasteiger partial charge in [-0.1, -0.05) is 6.92 Å². The summed E-state index contributed by atoms with van der Waals surface area (Å²) in [6.45, 7) is 4.21. The van der Waals surface area contributed by atoms with Gasteiger partial charge in [0.25, 0.3) is 0 Å². The van der Waals surface area contributed by atoms with Crippen molar-refractivity contribution in [1.29, 1.82) is 0 Å². The van der Waals surface area contributed by atoms with Crippen LogP contribution in [-0.2, 0) is 13.5 Å². The number of hydrogen-bond donors (Lipinski definition) is 1. The molecule has 0 fully saturated rings. The van der Waals surface area contributed by atoms with Gasteiger partial charge in [-0.2, -0.15) is 16.9 Å². The fourth-order valence-corrected chi connectivity index (χ4v) is 2.44. The Bertz CT molecular complexity index is 296. The van der Waals surface area contributed by atoms with E-state index in [1.807, 2.05) is 30.4 Å². The summed E-state index contributed by atoms with van der Waals surface area (Å²) in [5.74, 6) is 2.25. The molecule has 1 aromatic rings. The lowest BCUT2D eigenvalue weighted by Gasteiger charge is -2.10. The Morgan fingerprint density at radius 1 is 1.60 bits per heavy atom. The molecule has 0 radical (unpaired) electrons. The molecule has 15 heavy (non-hydrogen) atoms. The molecule has 0 saturated carbocycles. The number of rotatable bonds is 6. The molecule has 3 nitrogen and oxygen atoms in total. The van der Waals surface area contributed by atoms with Gasteiger partial charge < -0.3 is 5.73 Å². The highest BCUT2D eigenvalue weighted by Gasteiger charge is 2.08. The summed E-state index contributed by atoms with van der Waals surface area (Å²) < 4.78 is 1.93. The number of thioether (sulfide) groups is 1. The second-order valence-corrected chi connectivity index (χ2v) is 5.09. The lowest BCUT2D eigenvalue weighted by Crippen LogP contribution is -2.26. The Morgan fingerprint density at radius 2 is 2.33 bits per heavy atom. The van der Waals surface area contributed by atoms with Crippen molar-refractivity contribution in [3.8, 4) is 0 Å². The molecule has 0 bridgehead atoms. The van der Waals surface area contributed by atoms with Crippen LogP contribution in [0.4, 0.5) is 0 Å². The summed E-state index contributed by atoms with van der Waals surface area (Å²) in [5, 5.41) is 4.31. The smallest absolute Gasteiger partial charge is 0.0596 e. The molecule has 0 spiro atoms. The minimum atomic E-state index is 0.247. The molecule has 0 aliphatic rings. The molecule has 0 aromatic carbocycles. The first kappa shape index (κ1) is 12.6. The van der Waals surface area contributed by atoms with Crippen LogP contribution in [0.3, 0.4) is 0 Å². The maximum Gasteiger partial charge on any atom is 0.0596 e. The summed E-state index contributed by atoms with van der Waals surface area (Å²) >= 11 is 1.94. The van der Waals surface area contributed by atoms with E-state index in [0.717, 1.165) is 17.9 Å². The highest BCUT2D eigenvalue weighted by molar-refractivity contribution is 7.99. The van der Waals surface area contributed by atoms with Crippen molar-refractivity contribution < 1.29 is 0 Å². The molecule has 1 heterocycles. The van der Waals surface area contributed by atoms with Crippen molar-refractivity contribution >= 4 is 11.8 Å². The van der Waals surface area contributed by atoms with Crippen molar-refractivity contribution in [2.75, 3.05) is 11.5 Å². The molecule has 1 atom stereocenters. The highest BCUT2D eigenvalue weighted by Crippen LogP contribution is 2.09. The summed E-state index contributed by atoms with van der Waals surface area (Å²) in [6.07, 6.45) is 2.15. The number of aromatic nitrogens is 2. The van der Waals surface area contributed by atoms with Crippen molar-refractivity contribution in [1.82, 2.24) is 9.78 Å². The molecule has 0 aliphatic carbocycles. The average Bonchev–Trinajstić information content (AvgIpc) is 2.45. The van der Waals surface area contributed by atoms with Crippen LogP contribution in [0.2, 0.25) is 0 Å². The third kappa shape index (κ3) is 4.26. The molecule has 0 amide bonds. The van der Waals surface area contributed by atoms with Gasteiger partial charge >= 0.3 is 0 Å². The Kier molecular flexibility index (Phi) is 5.19. The summed E-state index contributed by atoms with van der Waals surface area (Å²) in [5.41, 5.74) is 8.37. The van der Waals surface area contributed by atoms with E-state index in [1.54, 1.807) is 0 Å². The van der Waals surface area contributed by atoms with Crippen LogP contribution in [0.5, 0.6) is 0 Å². The third-order valence-corrected chi connectivity index (χ3v) is 3.61. The Hall–Kier alpha value is -0.480. The Balaban J connectivity index is 2.37. The monoisotopic (exact) mass is 227 g/mol. The van der Waals surface area contributed by atoms with Gasteiger partial charge in [0, 0.05) is 31.0 Å². The van der Waals surface area contributed by atoms with Crippen molar-refractivity contribution in [2.24, 2.45) is 12.8 Å². The van der Waals surface area contributed by atoms with E-state index in [-0.39, 0.29) is 6.04 Å². The maximum atomic E-state index is 6.06. The van der Waals surface area contributed by atoms with Gasteiger partial charge in [-0.25, -0.2) is 0 Å². The molecule has 0 saturated heterocycles. The van der Waals surface area contributed by atoms with Crippen molar-refractivity contribution in [2.45, 2.75) is 32.7 Å². The minimum absolute atomic E-state index is 0.247. The first-order valence-corrected chi connectivity index (χ1v) is 6.61. The van der Waals surface area contributed by atoms with E-state index < -0.39 is 0 Å². The maximum absolute atomic E-state index is 6.06. The lowest BCUT2D eigenvalue weighted by atomic mass is 10.2. The second-order valence-electron chi connectivity index (χ2n) is 3.94. The van der Waals surface area contributed by atoms with Gasteiger partial charge in [-0.3, -0.25) is 4.68 Å². The fourth-order valence-electron chi connectivity index (χ4n) is 1.56. The number of hydrogen-bond acceptors (Lipinski definition) is 3. The van der Waals surface area contributed by atoms with Gasteiger partial charge in [0.1, 0.15) is 0 Å². The third-order valence-electron chi connectivity index (χ3n) is 2.25.